The number of hydrogen-bond acceptors (Lipinski definition) is 3. The third kappa shape index (κ3) is 4.64. The molecule has 0 heterocycles. The fourth-order valence-electron chi connectivity index (χ4n) is 3.29. The number of aryl methyl sites for hydroxylation is 2. The van der Waals surface area contributed by atoms with E-state index in [4.69, 9.17) is 0 Å². The number of sulfonamides is 1. The lowest BCUT2D eigenvalue weighted by atomic mass is 9.89. The molecule has 1 amide bonds. The van der Waals surface area contributed by atoms with Crippen LogP contribution in [0.1, 0.15) is 52.9 Å². The Kier molecular flexibility index (Phi) is 5.32. The van der Waals surface area contributed by atoms with Gasteiger partial charge in [-0.3, -0.25) is 9.52 Å². The van der Waals surface area contributed by atoms with Crippen LogP contribution in [0.4, 0.5) is 5.69 Å². The highest BCUT2D eigenvalue weighted by Crippen LogP contribution is 2.25. The first-order chi connectivity index (χ1) is 12.3. The summed E-state index contributed by atoms with van der Waals surface area (Å²) in [5.41, 5.74) is 4.86. The Morgan fingerprint density at radius 3 is 2.31 bits per heavy atom. The maximum atomic E-state index is 12.5. The second-order valence-electron chi connectivity index (χ2n) is 6.88. The molecule has 0 aliphatic heterocycles. The molecule has 138 valence electrons. The van der Waals surface area contributed by atoms with Crippen LogP contribution in [0.2, 0.25) is 0 Å². The molecule has 0 fully saturated rings. The van der Waals surface area contributed by atoms with Crippen LogP contribution in [-0.4, -0.2) is 20.6 Å². The van der Waals surface area contributed by atoms with E-state index in [2.05, 4.69) is 28.2 Å². The number of anilines is 1. The van der Waals surface area contributed by atoms with Gasteiger partial charge in [0, 0.05) is 11.3 Å². The molecule has 6 heteroatoms. The molecule has 0 aromatic heterocycles. The summed E-state index contributed by atoms with van der Waals surface area (Å²) in [6, 6.07) is 12.8. The zero-order chi connectivity index (χ0) is 18.7. The first-order valence-electron chi connectivity index (χ1n) is 8.82. The first-order valence-corrected chi connectivity index (χ1v) is 10.7. The van der Waals surface area contributed by atoms with Crippen molar-refractivity contribution >= 4 is 21.6 Å². The van der Waals surface area contributed by atoms with Gasteiger partial charge in [0.05, 0.1) is 12.3 Å². The third-order valence-electron chi connectivity index (χ3n) is 4.67. The highest BCUT2D eigenvalue weighted by molar-refractivity contribution is 7.92. The van der Waals surface area contributed by atoms with Gasteiger partial charge in [0.2, 0.25) is 10.0 Å². The summed E-state index contributed by atoms with van der Waals surface area (Å²) < 4.78 is 24.9. The van der Waals surface area contributed by atoms with Gasteiger partial charge >= 0.3 is 0 Å². The minimum Gasteiger partial charge on any atom is -0.346 e. The van der Waals surface area contributed by atoms with Crippen LogP contribution in [0.25, 0.3) is 0 Å². The summed E-state index contributed by atoms with van der Waals surface area (Å²) in [6.07, 6.45) is 5.82. The molecule has 2 aromatic carbocycles. The summed E-state index contributed by atoms with van der Waals surface area (Å²) in [5.74, 6) is -0.180. The Hall–Kier alpha value is -2.34. The van der Waals surface area contributed by atoms with Gasteiger partial charge < -0.3 is 5.32 Å². The smallest absolute Gasteiger partial charge is 0.251 e. The average Bonchev–Trinajstić information content (AvgIpc) is 2.60. The fourth-order valence-corrected chi connectivity index (χ4v) is 3.85. The molecule has 0 saturated carbocycles. The van der Waals surface area contributed by atoms with E-state index in [1.165, 1.54) is 24.0 Å². The van der Waals surface area contributed by atoms with Crippen LogP contribution in [0, 0.1) is 0 Å². The van der Waals surface area contributed by atoms with Gasteiger partial charge in [-0.05, 0) is 73.6 Å². The van der Waals surface area contributed by atoms with E-state index in [0.29, 0.717) is 11.3 Å². The third-order valence-corrected chi connectivity index (χ3v) is 5.28. The Morgan fingerprint density at radius 2 is 1.65 bits per heavy atom. The minimum absolute atomic E-state index is 0.0939. The largest absolute Gasteiger partial charge is 0.346 e. The number of nitrogens with one attached hydrogen (secondary N) is 2. The van der Waals surface area contributed by atoms with Crippen molar-refractivity contribution < 1.29 is 13.2 Å². The molecule has 2 N–H and O–H groups in total. The molecule has 0 radical (unpaired) electrons. The minimum atomic E-state index is -3.32. The maximum absolute atomic E-state index is 12.5. The number of amides is 1. The summed E-state index contributed by atoms with van der Waals surface area (Å²) in [6.45, 7) is 1.97. The monoisotopic (exact) mass is 372 g/mol. The van der Waals surface area contributed by atoms with Crippen molar-refractivity contribution in [1.82, 2.24) is 5.32 Å². The van der Waals surface area contributed by atoms with Crippen LogP contribution in [0.15, 0.2) is 42.5 Å². The van der Waals surface area contributed by atoms with Gasteiger partial charge in [-0.1, -0.05) is 18.2 Å². The predicted octanol–water partition coefficient (Wildman–Crippen LogP) is 3.43. The van der Waals surface area contributed by atoms with E-state index in [9.17, 15) is 13.2 Å². The Morgan fingerprint density at radius 1 is 1.00 bits per heavy atom. The van der Waals surface area contributed by atoms with Crippen molar-refractivity contribution in [3.05, 3.63) is 64.7 Å². The second-order valence-corrected chi connectivity index (χ2v) is 8.63. The molecule has 3 rings (SSSR count). The van der Waals surface area contributed by atoms with Crippen molar-refractivity contribution in [3.8, 4) is 0 Å². The van der Waals surface area contributed by atoms with E-state index in [-0.39, 0.29) is 11.9 Å². The fraction of sp³-hybridized carbons (Fsp3) is 0.350. The van der Waals surface area contributed by atoms with Crippen LogP contribution in [0.3, 0.4) is 0 Å². The normalized spacial score (nSPS) is 15.0. The summed E-state index contributed by atoms with van der Waals surface area (Å²) in [5, 5.41) is 3.01. The molecule has 2 aromatic rings. The van der Waals surface area contributed by atoms with Crippen molar-refractivity contribution in [1.29, 1.82) is 0 Å². The van der Waals surface area contributed by atoms with Gasteiger partial charge in [-0.2, -0.15) is 0 Å². The molecule has 0 saturated heterocycles. The predicted molar refractivity (Wildman–Crippen MR) is 104 cm³/mol. The van der Waals surface area contributed by atoms with Crippen LogP contribution in [0.5, 0.6) is 0 Å². The van der Waals surface area contributed by atoms with E-state index >= 15 is 0 Å². The number of rotatable bonds is 5. The van der Waals surface area contributed by atoms with E-state index in [1.807, 2.05) is 6.92 Å². The maximum Gasteiger partial charge on any atom is 0.251 e. The molecule has 26 heavy (non-hydrogen) atoms. The van der Waals surface area contributed by atoms with E-state index < -0.39 is 10.0 Å². The highest BCUT2D eigenvalue weighted by Gasteiger charge is 2.15. The Bertz CT molecular complexity index is 905. The van der Waals surface area contributed by atoms with Gasteiger partial charge in [0.25, 0.3) is 5.91 Å². The number of hydrogen-bond donors (Lipinski definition) is 2. The molecule has 1 atom stereocenters. The van der Waals surface area contributed by atoms with Crippen LogP contribution >= 0.6 is 0 Å². The van der Waals surface area contributed by atoms with Gasteiger partial charge in [0.15, 0.2) is 0 Å². The van der Waals surface area contributed by atoms with Gasteiger partial charge in [-0.15, -0.1) is 0 Å². The SMILES string of the molecule is CC(NC(=O)c1ccc(NS(C)(=O)=O)cc1)c1ccc2c(c1)CCCC2. The van der Waals surface area contributed by atoms with Crippen LogP contribution < -0.4 is 10.0 Å². The van der Waals surface area contributed by atoms with Crippen molar-refractivity contribution in [2.75, 3.05) is 11.0 Å². The molecule has 1 aliphatic carbocycles. The second kappa shape index (κ2) is 7.50. The summed E-state index contributed by atoms with van der Waals surface area (Å²) in [7, 11) is -3.32. The quantitative estimate of drug-likeness (QED) is 0.844. The molecule has 0 bridgehead atoms. The molecule has 1 aliphatic rings. The van der Waals surface area contributed by atoms with Crippen LogP contribution in [-0.2, 0) is 22.9 Å². The summed E-state index contributed by atoms with van der Waals surface area (Å²) >= 11 is 0. The standard InChI is InChI=1S/C20H24N2O3S/c1-14(17-8-7-15-5-3-4-6-18(15)13-17)21-20(23)16-9-11-19(12-10-16)22-26(2,24)25/h7-14,22H,3-6H2,1-2H3,(H,21,23). The zero-order valence-corrected chi connectivity index (χ0v) is 15.9. The lowest BCUT2D eigenvalue weighted by Gasteiger charge is -2.20. The number of carbonyl (C=O) groups excluding carboxylic acids is 1. The van der Waals surface area contributed by atoms with Crippen molar-refractivity contribution in [2.45, 2.75) is 38.6 Å². The first kappa shape index (κ1) is 18.5. The molecular formula is C20H24N2O3S. The number of fused-ring (bicyclic) bond motifs is 1. The highest BCUT2D eigenvalue weighted by atomic mass is 32.2. The number of benzene rings is 2. The van der Waals surface area contributed by atoms with E-state index in [0.717, 1.165) is 24.7 Å². The van der Waals surface area contributed by atoms with E-state index in [1.54, 1.807) is 24.3 Å². The Labute approximate surface area is 154 Å². The average molecular weight is 372 g/mol. The van der Waals surface area contributed by atoms with Gasteiger partial charge in [0.1, 0.15) is 0 Å². The molecule has 1 unspecified atom stereocenters. The zero-order valence-electron chi connectivity index (χ0n) is 15.1. The molecule has 5 nitrogen and oxygen atoms in total. The van der Waals surface area contributed by atoms with Gasteiger partial charge in [-0.25, -0.2) is 8.42 Å². The number of carbonyl (C=O) groups is 1. The topological polar surface area (TPSA) is 75.3 Å². The lowest BCUT2D eigenvalue weighted by Crippen LogP contribution is -2.26. The Balaban J connectivity index is 1.67. The molecule has 0 spiro atoms. The molecular weight excluding hydrogens is 348 g/mol. The lowest BCUT2D eigenvalue weighted by molar-refractivity contribution is 0.0940. The van der Waals surface area contributed by atoms with Crippen molar-refractivity contribution in [2.24, 2.45) is 0 Å². The summed E-state index contributed by atoms with van der Waals surface area (Å²) in [4.78, 5) is 12.5. The van der Waals surface area contributed by atoms with Crippen molar-refractivity contribution in [3.63, 3.8) is 0 Å².